The number of ketones is 1. The summed E-state index contributed by atoms with van der Waals surface area (Å²) in [7, 11) is 0. The van der Waals surface area contributed by atoms with Gasteiger partial charge >= 0.3 is 0 Å². The molecule has 0 N–H and O–H groups in total. The molecule has 0 saturated carbocycles. The third-order valence-electron chi connectivity index (χ3n) is 4.19. The smallest absolute Gasteiger partial charge is 0.189 e. The molecule has 7 nitrogen and oxygen atoms in total. The van der Waals surface area contributed by atoms with Gasteiger partial charge in [0.1, 0.15) is 0 Å². The van der Waals surface area contributed by atoms with Crippen LogP contribution < -0.4 is 0 Å². The maximum absolute atomic E-state index is 12.9. The molecular formula is C21H16N6O. The van der Waals surface area contributed by atoms with Crippen LogP contribution in [0.2, 0.25) is 0 Å². The lowest BCUT2D eigenvalue weighted by atomic mass is 9.88. The van der Waals surface area contributed by atoms with Crippen LogP contribution in [0, 0.1) is 0 Å². The minimum Gasteiger partial charge on any atom is -0.289 e. The Bertz CT molecular complexity index is 1090. The van der Waals surface area contributed by atoms with Crippen LogP contribution in [-0.4, -0.2) is 5.78 Å². The van der Waals surface area contributed by atoms with E-state index in [0.717, 1.165) is 16.7 Å². The number of hydrogen-bond acceptors (Lipinski definition) is 3. The van der Waals surface area contributed by atoms with Crippen LogP contribution in [0.3, 0.4) is 0 Å². The van der Waals surface area contributed by atoms with Gasteiger partial charge in [-0.3, -0.25) is 4.79 Å². The number of rotatable bonds is 4. The number of carbonyl (C=O) groups is 1. The van der Waals surface area contributed by atoms with Gasteiger partial charge in [0.25, 0.3) is 0 Å². The topological polar surface area (TPSA) is 115 Å². The number of nitrogens with zero attached hydrogens (tertiary/aromatic N) is 6. The van der Waals surface area contributed by atoms with Crippen molar-refractivity contribution in [3.63, 3.8) is 0 Å². The maximum atomic E-state index is 12.9. The van der Waals surface area contributed by atoms with E-state index in [4.69, 9.17) is 11.1 Å². The molecule has 2 aromatic carbocycles. The molecule has 0 amide bonds. The van der Waals surface area contributed by atoms with Gasteiger partial charge < -0.3 is 0 Å². The average molecular weight is 368 g/mol. The van der Waals surface area contributed by atoms with Crippen molar-refractivity contribution >= 4 is 29.3 Å². The van der Waals surface area contributed by atoms with Crippen molar-refractivity contribution in [2.75, 3.05) is 0 Å². The van der Waals surface area contributed by atoms with Gasteiger partial charge in [0.2, 0.25) is 0 Å². The summed E-state index contributed by atoms with van der Waals surface area (Å²) >= 11 is 0. The summed E-state index contributed by atoms with van der Waals surface area (Å²) in [6.45, 7) is 1.99. The second-order valence-electron chi connectivity index (χ2n) is 6.33. The number of azide groups is 2. The largest absolute Gasteiger partial charge is 0.289 e. The molecule has 2 aromatic rings. The highest BCUT2D eigenvalue weighted by molar-refractivity contribution is 6.16. The first kappa shape index (κ1) is 18.7. The van der Waals surface area contributed by atoms with E-state index in [1.54, 1.807) is 36.4 Å². The second kappa shape index (κ2) is 8.56. The summed E-state index contributed by atoms with van der Waals surface area (Å²) < 4.78 is 0. The van der Waals surface area contributed by atoms with E-state index in [2.05, 4.69) is 20.1 Å². The fourth-order valence-electron chi connectivity index (χ4n) is 2.93. The minimum atomic E-state index is -0.0242. The Morgan fingerprint density at radius 3 is 1.86 bits per heavy atom. The first-order chi connectivity index (χ1) is 13.6. The first-order valence-electron chi connectivity index (χ1n) is 8.53. The van der Waals surface area contributed by atoms with Crippen LogP contribution in [0.4, 0.5) is 11.4 Å². The van der Waals surface area contributed by atoms with Gasteiger partial charge in [0.15, 0.2) is 5.78 Å². The zero-order chi connectivity index (χ0) is 19.9. The van der Waals surface area contributed by atoms with Crippen LogP contribution in [-0.2, 0) is 4.79 Å². The molecule has 0 fully saturated rings. The van der Waals surface area contributed by atoms with Gasteiger partial charge in [-0.05, 0) is 47.7 Å². The molecule has 1 aliphatic rings. The highest BCUT2D eigenvalue weighted by atomic mass is 16.1. The van der Waals surface area contributed by atoms with E-state index >= 15 is 0 Å². The number of allylic oxidation sites excluding steroid dienone is 4. The third kappa shape index (κ3) is 4.56. The van der Waals surface area contributed by atoms with Gasteiger partial charge in [0.05, 0.1) is 0 Å². The zero-order valence-corrected chi connectivity index (χ0v) is 15.1. The quantitative estimate of drug-likeness (QED) is 0.247. The Balaban J connectivity index is 1.90. The van der Waals surface area contributed by atoms with Gasteiger partial charge in [-0.2, -0.15) is 0 Å². The molecule has 0 radical (unpaired) electrons. The lowest BCUT2D eigenvalue weighted by Crippen LogP contribution is -2.10. The second-order valence-corrected chi connectivity index (χ2v) is 6.33. The highest BCUT2D eigenvalue weighted by Gasteiger charge is 2.19. The zero-order valence-electron chi connectivity index (χ0n) is 15.1. The summed E-state index contributed by atoms with van der Waals surface area (Å²) in [5, 5.41) is 7.09. The van der Waals surface area contributed by atoms with Crippen molar-refractivity contribution < 1.29 is 4.79 Å². The molecule has 28 heavy (non-hydrogen) atoms. The van der Waals surface area contributed by atoms with E-state index in [-0.39, 0.29) is 5.78 Å². The third-order valence-corrected chi connectivity index (χ3v) is 4.19. The van der Waals surface area contributed by atoms with Gasteiger partial charge in [-0.15, -0.1) is 0 Å². The summed E-state index contributed by atoms with van der Waals surface area (Å²) in [4.78, 5) is 18.4. The molecule has 3 rings (SSSR count). The molecule has 0 aromatic heterocycles. The Kier molecular flexibility index (Phi) is 5.72. The minimum absolute atomic E-state index is 0.0242. The van der Waals surface area contributed by atoms with E-state index in [9.17, 15) is 4.79 Å². The van der Waals surface area contributed by atoms with Gasteiger partial charge in [0, 0.05) is 32.3 Å². The predicted octanol–water partition coefficient (Wildman–Crippen LogP) is 6.96. The van der Waals surface area contributed by atoms with Crippen molar-refractivity contribution in [2.24, 2.45) is 10.2 Å². The van der Waals surface area contributed by atoms with Crippen LogP contribution in [0.1, 0.15) is 24.5 Å². The monoisotopic (exact) mass is 368 g/mol. The fourth-order valence-corrected chi connectivity index (χ4v) is 2.93. The van der Waals surface area contributed by atoms with E-state index < -0.39 is 0 Å². The van der Waals surface area contributed by atoms with Crippen molar-refractivity contribution in [3.05, 3.63) is 103 Å². The number of Topliss-reactive ketones (excluding diaryl/α,β-unsaturated/α-hetero) is 1. The normalized spacial score (nSPS) is 16.3. The van der Waals surface area contributed by atoms with Crippen LogP contribution >= 0.6 is 0 Å². The predicted molar refractivity (Wildman–Crippen MR) is 110 cm³/mol. The van der Waals surface area contributed by atoms with Gasteiger partial charge in [-0.25, -0.2) is 0 Å². The van der Waals surface area contributed by atoms with Crippen LogP contribution in [0.5, 0.6) is 0 Å². The lowest BCUT2D eigenvalue weighted by molar-refractivity contribution is -0.112. The average Bonchev–Trinajstić information content (AvgIpc) is 2.69. The fraction of sp³-hybridized carbons (Fsp3) is 0.0952. The molecule has 0 bridgehead atoms. The van der Waals surface area contributed by atoms with Crippen LogP contribution in [0.15, 0.2) is 81.6 Å². The van der Waals surface area contributed by atoms with Crippen molar-refractivity contribution in [1.82, 2.24) is 0 Å². The maximum Gasteiger partial charge on any atom is 0.189 e. The molecule has 0 unspecified atom stereocenters. The standard InChI is InChI=1S/C21H16N6O/c1-14-10-17(12-15-2-6-19(7-3-15)24-26-22)21(28)18(11-14)13-16-4-8-20(9-5-16)25-27-23/h2-10,12-13H,11H2,1H3. The van der Waals surface area contributed by atoms with Crippen molar-refractivity contribution in [3.8, 4) is 0 Å². The SMILES string of the molecule is CC1=CC(=Cc2ccc(N=[N+]=[N-])cc2)C(=O)C(=Cc2ccc(N=[N+]=[N-])cc2)C1. The number of benzene rings is 2. The molecule has 0 heterocycles. The lowest BCUT2D eigenvalue weighted by Gasteiger charge is -2.15. The van der Waals surface area contributed by atoms with Crippen molar-refractivity contribution in [1.29, 1.82) is 0 Å². The van der Waals surface area contributed by atoms with Crippen LogP contribution in [0.25, 0.3) is 33.0 Å². The molecule has 7 heteroatoms. The first-order valence-corrected chi connectivity index (χ1v) is 8.53. The van der Waals surface area contributed by atoms with E-state index in [1.807, 2.05) is 37.3 Å². The molecule has 136 valence electrons. The molecule has 1 aliphatic carbocycles. The summed E-state index contributed by atoms with van der Waals surface area (Å²) in [5.41, 5.74) is 22.1. The number of hydrogen-bond donors (Lipinski definition) is 0. The van der Waals surface area contributed by atoms with E-state index in [0.29, 0.717) is 28.9 Å². The van der Waals surface area contributed by atoms with E-state index in [1.165, 1.54) is 0 Å². The van der Waals surface area contributed by atoms with Gasteiger partial charge in [-0.1, -0.05) is 70.4 Å². The number of carbonyl (C=O) groups excluding carboxylic acids is 1. The molecule has 0 spiro atoms. The summed E-state index contributed by atoms with van der Waals surface area (Å²) in [6, 6.07) is 14.1. The molecular weight excluding hydrogens is 352 g/mol. The highest BCUT2D eigenvalue weighted by Crippen LogP contribution is 2.28. The Hall–Kier alpha value is -4.05. The molecule has 0 saturated heterocycles. The molecule has 0 aliphatic heterocycles. The molecule has 0 atom stereocenters. The Labute approximate surface area is 161 Å². The summed E-state index contributed by atoms with van der Waals surface area (Å²) in [6.07, 6.45) is 6.16. The van der Waals surface area contributed by atoms with Crippen molar-refractivity contribution in [2.45, 2.75) is 13.3 Å². The Morgan fingerprint density at radius 1 is 0.857 bits per heavy atom. The summed E-state index contributed by atoms with van der Waals surface area (Å²) in [5.74, 6) is -0.0242. The Morgan fingerprint density at radius 2 is 1.36 bits per heavy atom.